The van der Waals surface area contributed by atoms with Crippen LogP contribution in [-0.2, 0) is 19.9 Å². The van der Waals surface area contributed by atoms with Crippen LogP contribution in [-0.4, -0.2) is 22.2 Å². The molecule has 0 aliphatic carbocycles. The Bertz CT molecular complexity index is 691. The minimum atomic E-state index is 0.0754. The second-order valence-electron chi connectivity index (χ2n) is 5.05. The molecule has 5 heteroatoms. The van der Waals surface area contributed by atoms with Crippen molar-refractivity contribution in [3.8, 4) is 5.75 Å². The minimum Gasteiger partial charge on any atom is -0.493 e. The summed E-state index contributed by atoms with van der Waals surface area (Å²) in [6, 6.07) is 4.03. The van der Waals surface area contributed by atoms with Crippen molar-refractivity contribution < 1.29 is 9.53 Å². The first-order chi connectivity index (χ1) is 9.54. The summed E-state index contributed by atoms with van der Waals surface area (Å²) in [6.07, 6.45) is 3.02. The Morgan fingerprint density at radius 2 is 2.30 bits per heavy atom. The van der Waals surface area contributed by atoms with Gasteiger partial charge in [-0.2, -0.15) is 5.10 Å². The predicted molar refractivity (Wildman–Crippen MR) is 79.3 cm³/mol. The van der Waals surface area contributed by atoms with Crippen molar-refractivity contribution in [2.24, 2.45) is 7.05 Å². The molecule has 1 aliphatic heterocycles. The smallest absolute Gasteiger partial charge is 0.170 e. The van der Waals surface area contributed by atoms with Gasteiger partial charge in [-0.1, -0.05) is 15.9 Å². The van der Waals surface area contributed by atoms with Crippen LogP contribution in [0.4, 0.5) is 0 Å². The lowest BCUT2D eigenvalue weighted by molar-refractivity contribution is 0.0991. The van der Waals surface area contributed by atoms with Gasteiger partial charge in [0.2, 0.25) is 0 Å². The number of carbonyl (C=O) groups excluding carboxylic acids is 1. The number of nitrogens with zero attached hydrogens (tertiary/aromatic N) is 2. The highest BCUT2D eigenvalue weighted by Gasteiger charge is 2.21. The molecule has 0 atom stereocenters. The van der Waals surface area contributed by atoms with Gasteiger partial charge >= 0.3 is 0 Å². The molecule has 3 rings (SSSR count). The molecule has 2 aromatic rings. The first-order valence-corrected chi connectivity index (χ1v) is 7.31. The van der Waals surface area contributed by atoms with Gasteiger partial charge in [0.15, 0.2) is 5.78 Å². The Balaban J connectivity index is 1.92. The van der Waals surface area contributed by atoms with Crippen molar-refractivity contribution in [2.45, 2.75) is 19.8 Å². The molecule has 0 saturated heterocycles. The lowest BCUT2D eigenvalue weighted by Gasteiger charge is -2.08. The number of rotatable bonds is 3. The number of hydrogen-bond donors (Lipinski definition) is 0. The maximum Gasteiger partial charge on any atom is 0.170 e. The van der Waals surface area contributed by atoms with E-state index in [1.807, 2.05) is 20.0 Å². The average molecular weight is 335 g/mol. The topological polar surface area (TPSA) is 44.1 Å². The Morgan fingerprint density at radius 3 is 3.00 bits per heavy atom. The van der Waals surface area contributed by atoms with E-state index in [1.54, 1.807) is 10.9 Å². The largest absolute Gasteiger partial charge is 0.493 e. The Labute approximate surface area is 125 Å². The van der Waals surface area contributed by atoms with Crippen LogP contribution in [0.3, 0.4) is 0 Å². The standard InChI is InChI=1S/C15H15BrN2O2/c1-9-13(8-18(2)17-9)14(19)7-11-6-12(16)5-10-3-4-20-15(10)11/h5-6,8H,3-4,7H2,1-2H3. The number of carbonyl (C=O) groups is 1. The van der Waals surface area contributed by atoms with Crippen LogP contribution in [0.25, 0.3) is 0 Å². The van der Waals surface area contributed by atoms with Gasteiger partial charge in [-0.3, -0.25) is 9.48 Å². The summed E-state index contributed by atoms with van der Waals surface area (Å²) >= 11 is 3.50. The first kappa shape index (κ1) is 13.4. The van der Waals surface area contributed by atoms with Crippen LogP contribution < -0.4 is 4.74 Å². The first-order valence-electron chi connectivity index (χ1n) is 6.52. The number of ether oxygens (including phenoxy) is 1. The van der Waals surface area contributed by atoms with Crippen molar-refractivity contribution in [1.82, 2.24) is 9.78 Å². The monoisotopic (exact) mass is 334 g/mol. The summed E-state index contributed by atoms with van der Waals surface area (Å²) in [7, 11) is 1.82. The lowest BCUT2D eigenvalue weighted by Crippen LogP contribution is -2.05. The number of ketones is 1. The SMILES string of the molecule is Cc1nn(C)cc1C(=O)Cc1cc(Br)cc2c1OCC2. The molecule has 0 amide bonds. The number of hydrogen-bond acceptors (Lipinski definition) is 3. The third-order valence-corrected chi connectivity index (χ3v) is 3.95. The Kier molecular flexibility index (Phi) is 3.38. The van der Waals surface area contributed by atoms with Gasteiger partial charge in [0.25, 0.3) is 0 Å². The van der Waals surface area contributed by atoms with Gasteiger partial charge in [0.1, 0.15) is 5.75 Å². The molecule has 1 aliphatic rings. The van der Waals surface area contributed by atoms with E-state index in [0.29, 0.717) is 18.6 Å². The van der Waals surface area contributed by atoms with E-state index < -0.39 is 0 Å². The van der Waals surface area contributed by atoms with Crippen LogP contribution in [0.2, 0.25) is 0 Å². The molecule has 4 nitrogen and oxygen atoms in total. The highest BCUT2D eigenvalue weighted by molar-refractivity contribution is 9.10. The predicted octanol–water partition coefficient (Wildman–Crippen LogP) is 2.85. The Hall–Kier alpha value is -1.62. The van der Waals surface area contributed by atoms with E-state index in [-0.39, 0.29) is 5.78 Å². The number of aryl methyl sites for hydroxylation is 2. The van der Waals surface area contributed by atoms with Gasteiger partial charge in [0, 0.05) is 36.1 Å². The van der Waals surface area contributed by atoms with Gasteiger partial charge in [-0.15, -0.1) is 0 Å². The van der Waals surface area contributed by atoms with Crippen molar-refractivity contribution in [3.05, 3.63) is 45.2 Å². The van der Waals surface area contributed by atoms with E-state index in [4.69, 9.17) is 4.74 Å². The zero-order chi connectivity index (χ0) is 14.3. The van der Waals surface area contributed by atoms with E-state index >= 15 is 0 Å². The lowest BCUT2D eigenvalue weighted by atomic mass is 10.0. The van der Waals surface area contributed by atoms with Gasteiger partial charge in [-0.05, 0) is 24.6 Å². The summed E-state index contributed by atoms with van der Waals surface area (Å²) in [5.41, 5.74) is 3.56. The number of Topliss-reactive ketones (excluding diaryl/α,β-unsaturated/α-hetero) is 1. The fourth-order valence-corrected chi connectivity index (χ4v) is 3.17. The van der Waals surface area contributed by atoms with Crippen molar-refractivity contribution >= 4 is 21.7 Å². The van der Waals surface area contributed by atoms with Crippen LogP contribution in [0.5, 0.6) is 5.75 Å². The summed E-state index contributed by atoms with van der Waals surface area (Å²) in [6.45, 7) is 2.55. The van der Waals surface area contributed by atoms with E-state index in [0.717, 1.165) is 27.9 Å². The molecule has 0 spiro atoms. The highest BCUT2D eigenvalue weighted by Crippen LogP contribution is 2.33. The molecule has 0 radical (unpaired) electrons. The van der Waals surface area contributed by atoms with Crippen LogP contribution in [0, 0.1) is 6.92 Å². The van der Waals surface area contributed by atoms with Gasteiger partial charge < -0.3 is 4.74 Å². The third kappa shape index (κ3) is 2.38. The molecule has 104 valence electrons. The normalized spacial score (nSPS) is 13.2. The summed E-state index contributed by atoms with van der Waals surface area (Å²) < 4.78 is 8.33. The van der Waals surface area contributed by atoms with Crippen molar-refractivity contribution in [3.63, 3.8) is 0 Å². The quantitative estimate of drug-likeness (QED) is 0.810. The van der Waals surface area contributed by atoms with Crippen molar-refractivity contribution in [1.29, 1.82) is 0 Å². The van der Waals surface area contributed by atoms with Crippen molar-refractivity contribution in [2.75, 3.05) is 6.61 Å². The minimum absolute atomic E-state index is 0.0754. The molecular formula is C15H15BrN2O2. The molecule has 1 aromatic carbocycles. The fraction of sp³-hybridized carbons (Fsp3) is 0.333. The molecule has 1 aromatic heterocycles. The van der Waals surface area contributed by atoms with Crippen LogP contribution >= 0.6 is 15.9 Å². The fourth-order valence-electron chi connectivity index (χ4n) is 2.62. The van der Waals surface area contributed by atoms with E-state index in [9.17, 15) is 4.79 Å². The summed E-state index contributed by atoms with van der Waals surface area (Å²) in [4.78, 5) is 12.4. The van der Waals surface area contributed by atoms with Crippen LogP contribution in [0.15, 0.2) is 22.8 Å². The second-order valence-corrected chi connectivity index (χ2v) is 5.97. The van der Waals surface area contributed by atoms with Gasteiger partial charge in [-0.25, -0.2) is 0 Å². The summed E-state index contributed by atoms with van der Waals surface area (Å²) in [5, 5.41) is 4.22. The molecule has 0 N–H and O–H groups in total. The Morgan fingerprint density at radius 1 is 1.50 bits per heavy atom. The number of benzene rings is 1. The highest BCUT2D eigenvalue weighted by atomic mass is 79.9. The maximum atomic E-state index is 12.4. The molecule has 0 saturated carbocycles. The van der Waals surface area contributed by atoms with E-state index in [2.05, 4.69) is 27.1 Å². The molecule has 0 unspecified atom stereocenters. The van der Waals surface area contributed by atoms with Gasteiger partial charge in [0.05, 0.1) is 17.9 Å². The average Bonchev–Trinajstić information content (AvgIpc) is 2.95. The second kappa shape index (κ2) is 5.05. The number of fused-ring (bicyclic) bond motifs is 1. The molecule has 2 heterocycles. The molecule has 0 bridgehead atoms. The summed E-state index contributed by atoms with van der Waals surface area (Å²) in [5.74, 6) is 0.953. The molecular weight excluding hydrogens is 320 g/mol. The number of halogens is 1. The van der Waals surface area contributed by atoms with E-state index in [1.165, 1.54) is 5.56 Å². The third-order valence-electron chi connectivity index (χ3n) is 3.49. The zero-order valence-electron chi connectivity index (χ0n) is 11.4. The number of aromatic nitrogens is 2. The molecule has 20 heavy (non-hydrogen) atoms. The maximum absolute atomic E-state index is 12.4. The van der Waals surface area contributed by atoms with Crippen LogP contribution in [0.1, 0.15) is 27.2 Å². The molecule has 0 fully saturated rings. The zero-order valence-corrected chi connectivity index (χ0v) is 13.0.